The maximum absolute atomic E-state index is 3.53. The highest BCUT2D eigenvalue weighted by Crippen LogP contribution is 2.64. The number of nitrogens with one attached hydrogen (secondary N) is 1. The third-order valence-electron chi connectivity index (χ3n) is 3.19. The number of benzene rings is 2. The van der Waals surface area contributed by atoms with Gasteiger partial charge in [0, 0.05) is 10.6 Å². The van der Waals surface area contributed by atoms with E-state index in [2.05, 4.69) is 66.2 Å². The standard InChI is InChI=1S/C14H15NS/c1-16(12-7-3-2-4-8-12)11-15-13-9-5-6-10-14(13)16/h2-10,15H,11H2,1H3. The van der Waals surface area contributed by atoms with E-state index < -0.39 is 10.0 Å². The van der Waals surface area contributed by atoms with Gasteiger partial charge in [0.1, 0.15) is 0 Å². The number of hydrogen-bond donors (Lipinski definition) is 1. The second kappa shape index (κ2) is 3.56. The van der Waals surface area contributed by atoms with Crippen molar-refractivity contribution in [2.24, 2.45) is 0 Å². The van der Waals surface area contributed by atoms with Crippen LogP contribution in [0.5, 0.6) is 0 Å². The molecule has 0 bridgehead atoms. The molecule has 2 heteroatoms. The van der Waals surface area contributed by atoms with Crippen molar-refractivity contribution in [1.82, 2.24) is 0 Å². The summed E-state index contributed by atoms with van der Waals surface area (Å²) < 4.78 is 0. The molecule has 0 amide bonds. The molecule has 1 nitrogen and oxygen atoms in total. The monoisotopic (exact) mass is 229 g/mol. The number of fused-ring (bicyclic) bond motifs is 1. The van der Waals surface area contributed by atoms with Crippen LogP contribution in [0.2, 0.25) is 0 Å². The predicted octanol–water partition coefficient (Wildman–Crippen LogP) is 3.92. The summed E-state index contributed by atoms with van der Waals surface area (Å²) in [6, 6.07) is 19.5. The molecule has 0 spiro atoms. The van der Waals surface area contributed by atoms with Crippen LogP contribution in [0.1, 0.15) is 0 Å². The molecule has 1 heterocycles. The van der Waals surface area contributed by atoms with Gasteiger partial charge in [-0.2, -0.15) is 10.0 Å². The summed E-state index contributed by atoms with van der Waals surface area (Å²) >= 11 is 0. The van der Waals surface area contributed by atoms with Crippen molar-refractivity contribution >= 4 is 15.7 Å². The van der Waals surface area contributed by atoms with Crippen LogP contribution in [0, 0.1) is 0 Å². The fourth-order valence-corrected chi connectivity index (χ4v) is 5.02. The summed E-state index contributed by atoms with van der Waals surface area (Å²) in [4.78, 5) is 2.95. The third-order valence-corrected chi connectivity index (χ3v) is 6.55. The summed E-state index contributed by atoms with van der Waals surface area (Å²) in [5, 5.41) is 3.53. The van der Waals surface area contributed by atoms with Crippen LogP contribution < -0.4 is 5.32 Å². The van der Waals surface area contributed by atoms with E-state index >= 15 is 0 Å². The molecular formula is C14H15NS. The van der Waals surface area contributed by atoms with Crippen molar-refractivity contribution in [2.75, 3.05) is 17.4 Å². The quantitative estimate of drug-likeness (QED) is 0.781. The Morgan fingerprint density at radius 3 is 2.44 bits per heavy atom. The summed E-state index contributed by atoms with van der Waals surface area (Å²) in [5.41, 5.74) is 1.31. The van der Waals surface area contributed by atoms with Gasteiger partial charge in [-0.15, -0.1) is 0 Å². The molecule has 0 radical (unpaired) electrons. The van der Waals surface area contributed by atoms with Gasteiger partial charge < -0.3 is 5.32 Å². The van der Waals surface area contributed by atoms with Gasteiger partial charge in [-0.3, -0.25) is 0 Å². The van der Waals surface area contributed by atoms with Gasteiger partial charge >= 0.3 is 0 Å². The fourth-order valence-electron chi connectivity index (χ4n) is 2.24. The zero-order chi connectivity index (χ0) is 11.0. The van der Waals surface area contributed by atoms with Gasteiger partial charge in [0.15, 0.2) is 0 Å². The van der Waals surface area contributed by atoms with Crippen molar-refractivity contribution in [1.29, 1.82) is 0 Å². The van der Waals surface area contributed by atoms with Crippen LogP contribution in [-0.4, -0.2) is 12.1 Å². The predicted molar refractivity (Wildman–Crippen MR) is 71.4 cm³/mol. The SMILES string of the molecule is CS1(c2ccccc2)CNc2ccccc21. The summed E-state index contributed by atoms with van der Waals surface area (Å²) in [5.74, 6) is 1.07. The van der Waals surface area contributed by atoms with Crippen LogP contribution in [0.15, 0.2) is 64.4 Å². The van der Waals surface area contributed by atoms with Gasteiger partial charge in [0.2, 0.25) is 0 Å². The topological polar surface area (TPSA) is 12.0 Å². The summed E-state index contributed by atoms with van der Waals surface area (Å²) in [6.07, 6.45) is 2.39. The van der Waals surface area contributed by atoms with Gasteiger partial charge in [-0.25, -0.2) is 0 Å². The minimum Gasteiger partial charge on any atom is -0.376 e. The molecule has 3 rings (SSSR count). The maximum atomic E-state index is 3.53. The van der Waals surface area contributed by atoms with Gasteiger partial charge in [-0.1, -0.05) is 30.3 Å². The minimum atomic E-state index is -0.853. The first-order valence-corrected chi connectivity index (χ1v) is 7.66. The lowest BCUT2D eigenvalue weighted by molar-refractivity contribution is 1.39. The second-order valence-electron chi connectivity index (χ2n) is 4.22. The third kappa shape index (κ3) is 1.34. The van der Waals surface area contributed by atoms with E-state index in [4.69, 9.17) is 0 Å². The zero-order valence-electron chi connectivity index (χ0n) is 9.31. The largest absolute Gasteiger partial charge is 0.376 e. The maximum Gasteiger partial charge on any atom is 0.0531 e. The van der Waals surface area contributed by atoms with Crippen LogP contribution >= 0.6 is 10.0 Å². The van der Waals surface area contributed by atoms with Crippen LogP contribution in [-0.2, 0) is 0 Å². The van der Waals surface area contributed by atoms with Crippen LogP contribution in [0.25, 0.3) is 0 Å². The van der Waals surface area contributed by atoms with Gasteiger partial charge in [0.25, 0.3) is 0 Å². The van der Waals surface area contributed by atoms with Crippen LogP contribution in [0.3, 0.4) is 0 Å². The Hall–Kier alpha value is -1.41. The van der Waals surface area contributed by atoms with Crippen molar-refractivity contribution in [3.8, 4) is 0 Å². The Morgan fingerprint density at radius 2 is 1.62 bits per heavy atom. The molecule has 2 aromatic carbocycles. The van der Waals surface area contributed by atoms with Crippen molar-refractivity contribution in [3.63, 3.8) is 0 Å². The van der Waals surface area contributed by atoms with Gasteiger partial charge in [0.05, 0.1) is 5.88 Å². The Morgan fingerprint density at radius 1 is 0.938 bits per heavy atom. The molecule has 0 saturated carbocycles. The van der Waals surface area contributed by atoms with Crippen LogP contribution in [0.4, 0.5) is 5.69 Å². The smallest absolute Gasteiger partial charge is 0.0531 e. The molecule has 1 N–H and O–H groups in total. The molecular weight excluding hydrogens is 214 g/mol. The van der Waals surface area contributed by atoms with E-state index in [9.17, 15) is 0 Å². The lowest BCUT2D eigenvalue weighted by atomic mass is 10.3. The molecule has 0 saturated heterocycles. The van der Waals surface area contributed by atoms with Crippen molar-refractivity contribution < 1.29 is 0 Å². The van der Waals surface area contributed by atoms with Crippen molar-refractivity contribution in [3.05, 3.63) is 54.6 Å². The number of para-hydroxylation sites is 1. The molecule has 1 unspecified atom stereocenters. The van der Waals surface area contributed by atoms with E-state index in [1.165, 1.54) is 15.5 Å². The highest BCUT2D eigenvalue weighted by atomic mass is 32.3. The molecule has 82 valence electrons. The molecule has 0 aliphatic carbocycles. The molecule has 0 fully saturated rings. The zero-order valence-corrected chi connectivity index (χ0v) is 10.1. The normalized spacial score (nSPS) is 26.6. The Kier molecular flexibility index (Phi) is 2.18. The molecule has 1 atom stereocenters. The highest BCUT2D eigenvalue weighted by Gasteiger charge is 2.30. The lowest BCUT2D eigenvalue weighted by Gasteiger charge is -2.31. The first-order valence-electron chi connectivity index (χ1n) is 5.45. The molecule has 1 aliphatic heterocycles. The fraction of sp³-hybridized carbons (Fsp3) is 0.143. The van der Waals surface area contributed by atoms with E-state index in [0.29, 0.717) is 0 Å². The summed E-state index contributed by atoms with van der Waals surface area (Å²) in [7, 11) is -0.853. The van der Waals surface area contributed by atoms with E-state index in [0.717, 1.165) is 5.88 Å². The number of rotatable bonds is 1. The average Bonchev–Trinajstić information content (AvgIpc) is 2.71. The average molecular weight is 229 g/mol. The number of hydrogen-bond acceptors (Lipinski definition) is 1. The molecule has 2 aromatic rings. The second-order valence-corrected chi connectivity index (χ2v) is 7.59. The first-order chi connectivity index (χ1) is 7.81. The first kappa shape index (κ1) is 9.79. The summed E-state index contributed by atoms with van der Waals surface area (Å²) in [6.45, 7) is 0. The minimum absolute atomic E-state index is 0.853. The highest BCUT2D eigenvalue weighted by molar-refractivity contribution is 8.33. The van der Waals surface area contributed by atoms with Gasteiger partial charge in [-0.05, 0) is 35.4 Å². The van der Waals surface area contributed by atoms with E-state index in [1.807, 2.05) is 0 Å². The molecule has 0 aromatic heterocycles. The lowest BCUT2D eigenvalue weighted by Crippen LogP contribution is -2.02. The van der Waals surface area contributed by atoms with E-state index in [1.54, 1.807) is 0 Å². The Labute approximate surface area is 97.8 Å². The Bertz CT molecular complexity index is 509. The number of anilines is 1. The van der Waals surface area contributed by atoms with E-state index in [-0.39, 0.29) is 0 Å². The molecule has 16 heavy (non-hydrogen) atoms. The molecule has 1 aliphatic rings. The van der Waals surface area contributed by atoms with Crippen molar-refractivity contribution in [2.45, 2.75) is 9.79 Å². The Balaban J connectivity index is 2.15.